The van der Waals surface area contributed by atoms with Gasteiger partial charge in [0.25, 0.3) is 0 Å². The highest BCUT2D eigenvalue weighted by Gasteiger charge is 2.24. The maximum absolute atomic E-state index is 10.7. The van der Waals surface area contributed by atoms with Crippen molar-refractivity contribution in [2.75, 3.05) is 5.32 Å². The molecule has 0 aliphatic heterocycles. The van der Waals surface area contributed by atoms with Crippen LogP contribution >= 0.6 is 0 Å². The summed E-state index contributed by atoms with van der Waals surface area (Å²) in [6.45, 7) is 2.05. The molecule has 1 heterocycles. The van der Waals surface area contributed by atoms with Crippen LogP contribution in [0.5, 0.6) is 0 Å². The van der Waals surface area contributed by atoms with Gasteiger partial charge in [0.2, 0.25) is 5.69 Å². The van der Waals surface area contributed by atoms with E-state index in [4.69, 9.17) is 5.26 Å². The first kappa shape index (κ1) is 12.3. The minimum atomic E-state index is -0.594. The van der Waals surface area contributed by atoms with Crippen LogP contribution in [0.2, 0.25) is 0 Å². The van der Waals surface area contributed by atoms with Crippen LogP contribution in [0.3, 0.4) is 0 Å². The maximum atomic E-state index is 10.7. The molecule has 6 heteroatoms. The molecule has 1 aliphatic carbocycles. The van der Waals surface area contributed by atoms with Crippen LogP contribution in [0, 0.1) is 27.4 Å². The van der Waals surface area contributed by atoms with E-state index in [0.717, 1.165) is 12.3 Å². The fourth-order valence-electron chi connectivity index (χ4n) is 1.93. The molecule has 1 atom stereocenters. The first-order chi connectivity index (χ1) is 8.60. The van der Waals surface area contributed by atoms with E-state index in [1.807, 2.05) is 6.92 Å². The van der Waals surface area contributed by atoms with E-state index in [1.165, 1.54) is 18.9 Å². The first-order valence-electron chi connectivity index (χ1n) is 5.92. The van der Waals surface area contributed by atoms with Gasteiger partial charge in [0, 0.05) is 12.1 Å². The van der Waals surface area contributed by atoms with Crippen LogP contribution in [-0.4, -0.2) is 15.9 Å². The van der Waals surface area contributed by atoms with Crippen LogP contribution in [0.4, 0.5) is 11.5 Å². The molecule has 18 heavy (non-hydrogen) atoms. The van der Waals surface area contributed by atoms with Crippen LogP contribution < -0.4 is 5.32 Å². The second-order valence-electron chi connectivity index (χ2n) is 4.66. The summed E-state index contributed by atoms with van der Waals surface area (Å²) in [4.78, 5) is 14.0. The number of nitrogens with one attached hydrogen (secondary N) is 1. The van der Waals surface area contributed by atoms with Crippen molar-refractivity contribution >= 4 is 11.5 Å². The Kier molecular flexibility index (Phi) is 3.42. The van der Waals surface area contributed by atoms with Crippen molar-refractivity contribution in [3.8, 4) is 6.07 Å². The van der Waals surface area contributed by atoms with Crippen molar-refractivity contribution < 1.29 is 4.92 Å². The molecule has 6 nitrogen and oxygen atoms in total. The monoisotopic (exact) mass is 246 g/mol. The molecule has 1 aliphatic rings. The summed E-state index contributed by atoms with van der Waals surface area (Å²) in [5.41, 5.74) is -0.401. The lowest BCUT2D eigenvalue weighted by molar-refractivity contribution is -0.385. The molecule has 2 rings (SSSR count). The van der Waals surface area contributed by atoms with Gasteiger partial charge in [-0.15, -0.1) is 0 Å². The lowest BCUT2D eigenvalue weighted by atomic mass is 10.1. The zero-order valence-electron chi connectivity index (χ0n) is 10.1. The summed E-state index contributed by atoms with van der Waals surface area (Å²) in [6.07, 6.45) is 3.63. The molecule has 1 saturated carbocycles. The van der Waals surface area contributed by atoms with Crippen LogP contribution in [0.25, 0.3) is 0 Å². The van der Waals surface area contributed by atoms with Gasteiger partial charge in [-0.25, -0.2) is 4.98 Å². The molecule has 0 spiro atoms. The second kappa shape index (κ2) is 5.00. The Morgan fingerprint density at radius 3 is 2.94 bits per heavy atom. The SMILES string of the molecule is CC(CC1CC1)Nc1ccc([N+](=O)[O-])c(C#N)n1. The van der Waals surface area contributed by atoms with Gasteiger partial charge >= 0.3 is 5.69 Å². The molecule has 1 aromatic heterocycles. The summed E-state index contributed by atoms with van der Waals surface area (Å²) < 4.78 is 0. The van der Waals surface area contributed by atoms with Gasteiger partial charge < -0.3 is 5.32 Å². The Morgan fingerprint density at radius 1 is 1.67 bits per heavy atom. The molecule has 1 N–H and O–H groups in total. The average Bonchev–Trinajstić information content (AvgIpc) is 3.12. The fraction of sp³-hybridized carbons (Fsp3) is 0.500. The first-order valence-corrected chi connectivity index (χ1v) is 5.92. The molecule has 1 unspecified atom stereocenters. The summed E-state index contributed by atoms with van der Waals surface area (Å²) in [7, 11) is 0. The lowest BCUT2D eigenvalue weighted by Crippen LogP contribution is -2.17. The topological polar surface area (TPSA) is 91.9 Å². The average molecular weight is 246 g/mol. The standard InChI is InChI=1S/C12H14N4O2/c1-8(6-9-2-3-9)14-12-5-4-11(16(17)18)10(7-13)15-12/h4-5,8-9H,2-3,6H2,1H3,(H,14,15). The zero-order chi connectivity index (χ0) is 13.1. The van der Waals surface area contributed by atoms with Gasteiger partial charge in [0.15, 0.2) is 0 Å². The van der Waals surface area contributed by atoms with E-state index in [-0.39, 0.29) is 17.4 Å². The normalized spacial score (nSPS) is 15.8. The van der Waals surface area contributed by atoms with E-state index in [0.29, 0.717) is 5.82 Å². The molecule has 1 aromatic rings. The number of aromatic nitrogens is 1. The van der Waals surface area contributed by atoms with Crippen molar-refractivity contribution in [1.82, 2.24) is 4.98 Å². The van der Waals surface area contributed by atoms with E-state index in [9.17, 15) is 10.1 Å². The number of hydrogen-bond donors (Lipinski definition) is 1. The van der Waals surface area contributed by atoms with Gasteiger partial charge in [0.05, 0.1) is 4.92 Å². The third-order valence-corrected chi connectivity index (χ3v) is 2.95. The number of rotatable bonds is 5. The Balaban J connectivity index is 2.09. The number of nitro groups is 1. The Bertz CT molecular complexity index is 505. The molecule has 0 saturated heterocycles. The largest absolute Gasteiger partial charge is 0.368 e. The molecule has 1 fully saturated rings. The summed E-state index contributed by atoms with van der Waals surface area (Å²) in [5, 5.41) is 22.7. The Labute approximate surface area is 105 Å². The maximum Gasteiger partial charge on any atom is 0.305 e. The number of nitrogens with zero attached hydrogens (tertiary/aromatic N) is 3. The van der Waals surface area contributed by atoms with E-state index < -0.39 is 4.92 Å². The number of pyridine rings is 1. The smallest absolute Gasteiger partial charge is 0.305 e. The second-order valence-corrected chi connectivity index (χ2v) is 4.66. The highest BCUT2D eigenvalue weighted by Crippen LogP contribution is 2.34. The quantitative estimate of drug-likeness (QED) is 0.636. The summed E-state index contributed by atoms with van der Waals surface area (Å²) in [5.74, 6) is 1.31. The van der Waals surface area contributed by atoms with Gasteiger partial charge in [-0.1, -0.05) is 12.8 Å². The zero-order valence-corrected chi connectivity index (χ0v) is 10.1. The minimum Gasteiger partial charge on any atom is -0.368 e. The molecular weight excluding hydrogens is 232 g/mol. The van der Waals surface area contributed by atoms with Gasteiger partial charge in [-0.2, -0.15) is 5.26 Å². The molecule has 0 aromatic carbocycles. The number of hydrogen-bond acceptors (Lipinski definition) is 5. The van der Waals surface area contributed by atoms with Crippen LogP contribution in [0.1, 0.15) is 31.9 Å². The number of nitriles is 1. The van der Waals surface area contributed by atoms with Gasteiger partial charge in [-0.3, -0.25) is 10.1 Å². The highest BCUT2D eigenvalue weighted by atomic mass is 16.6. The molecule has 0 radical (unpaired) electrons. The predicted molar refractivity (Wildman–Crippen MR) is 66.0 cm³/mol. The third-order valence-electron chi connectivity index (χ3n) is 2.95. The Morgan fingerprint density at radius 2 is 2.39 bits per heavy atom. The van der Waals surface area contributed by atoms with Crippen molar-refractivity contribution in [1.29, 1.82) is 5.26 Å². The van der Waals surface area contributed by atoms with Crippen LogP contribution in [-0.2, 0) is 0 Å². The molecular formula is C12H14N4O2. The van der Waals surface area contributed by atoms with Crippen molar-refractivity contribution in [3.05, 3.63) is 27.9 Å². The third kappa shape index (κ3) is 2.94. The van der Waals surface area contributed by atoms with Gasteiger partial charge in [-0.05, 0) is 25.3 Å². The van der Waals surface area contributed by atoms with Crippen molar-refractivity contribution in [2.24, 2.45) is 5.92 Å². The van der Waals surface area contributed by atoms with Gasteiger partial charge in [0.1, 0.15) is 11.9 Å². The lowest BCUT2D eigenvalue weighted by Gasteiger charge is -2.13. The summed E-state index contributed by atoms with van der Waals surface area (Å²) in [6, 6.07) is 4.87. The highest BCUT2D eigenvalue weighted by molar-refractivity contribution is 5.50. The fourth-order valence-corrected chi connectivity index (χ4v) is 1.93. The van der Waals surface area contributed by atoms with E-state index in [1.54, 1.807) is 12.1 Å². The number of anilines is 1. The molecule has 0 bridgehead atoms. The Hall–Kier alpha value is -2.16. The van der Waals surface area contributed by atoms with Crippen molar-refractivity contribution in [2.45, 2.75) is 32.2 Å². The predicted octanol–water partition coefficient (Wildman–Crippen LogP) is 2.46. The molecule has 0 amide bonds. The van der Waals surface area contributed by atoms with Crippen molar-refractivity contribution in [3.63, 3.8) is 0 Å². The minimum absolute atomic E-state index is 0.149. The molecule has 94 valence electrons. The summed E-state index contributed by atoms with van der Waals surface area (Å²) >= 11 is 0. The van der Waals surface area contributed by atoms with E-state index in [2.05, 4.69) is 10.3 Å². The van der Waals surface area contributed by atoms with E-state index >= 15 is 0 Å². The van der Waals surface area contributed by atoms with Crippen LogP contribution in [0.15, 0.2) is 12.1 Å².